The third kappa shape index (κ3) is 4.43. The van der Waals surface area contributed by atoms with Crippen molar-refractivity contribution in [3.63, 3.8) is 0 Å². The molecule has 2 aliphatic rings. The molecule has 3 aromatic rings. The lowest BCUT2D eigenvalue weighted by Gasteiger charge is -2.46. The molecule has 0 bridgehead atoms. The smallest absolute Gasteiger partial charge is 0.227 e. The van der Waals surface area contributed by atoms with Gasteiger partial charge in [-0.2, -0.15) is 5.26 Å². The highest BCUT2D eigenvalue weighted by atomic mass is 19.1. The number of amides is 1. The molecule has 5 rings (SSSR count). The van der Waals surface area contributed by atoms with Gasteiger partial charge in [-0.25, -0.2) is 17.9 Å². The van der Waals surface area contributed by atoms with E-state index < -0.39 is 23.9 Å². The molecule has 0 spiro atoms. The zero-order valence-electron chi connectivity index (χ0n) is 19.4. The van der Waals surface area contributed by atoms with E-state index in [2.05, 4.69) is 20.4 Å². The van der Waals surface area contributed by atoms with Crippen molar-refractivity contribution in [2.24, 2.45) is 0 Å². The first-order valence-corrected chi connectivity index (χ1v) is 11.4. The summed E-state index contributed by atoms with van der Waals surface area (Å²) in [4.78, 5) is 16.7. The minimum absolute atomic E-state index is 0.0130. The van der Waals surface area contributed by atoms with Gasteiger partial charge >= 0.3 is 0 Å². The molecule has 0 aliphatic carbocycles. The average molecular weight is 497 g/mol. The minimum Gasteiger partial charge on any atom is -0.370 e. The summed E-state index contributed by atoms with van der Waals surface area (Å²) < 4.78 is 50.4. The molecule has 0 N–H and O–H groups in total. The first kappa shape index (κ1) is 23.9. The number of benzene rings is 2. The Bertz CT molecular complexity index is 1320. The number of hydrogen-bond donors (Lipinski definition) is 0. The van der Waals surface area contributed by atoms with Crippen molar-refractivity contribution >= 4 is 5.91 Å². The number of hydrogen-bond acceptors (Lipinski definition) is 7. The topological polar surface area (TPSA) is 100 Å². The summed E-state index contributed by atoms with van der Waals surface area (Å²) in [6.07, 6.45) is 0.489. The second-order valence-electron chi connectivity index (χ2n) is 8.88. The second kappa shape index (κ2) is 9.67. The Kier molecular flexibility index (Phi) is 6.42. The summed E-state index contributed by atoms with van der Waals surface area (Å²) in [7, 11) is 0. The molecular formula is C24H22F3N7O2. The van der Waals surface area contributed by atoms with E-state index in [-0.39, 0.29) is 34.9 Å². The molecular weight excluding hydrogens is 475 g/mol. The maximum absolute atomic E-state index is 14.7. The average Bonchev–Trinajstić information content (AvgIpc) is 3.41. The van der Waals surface area contributed by atoms with Gasteiger partial charge in [0, 0.05) is 43.9 Å². The fourth-order valence-electron chi connectivity index (χ4n) is 4.81. The van der Waals surface area contributed by atoms with Gasteiger partial charge in [-0.05, 0) is 34.5 Å². The summed E-state index contributed by atoms with van der Waals surface area (Å²) in [6.45, 7) is 3.90. The lowest BCUT2D eigenvalue weighted by Crippen LogP contribution is -2.59. The van der Waals surface area contributed by atoms with Gasteiger partial charge in [0.15, 0.2) is 0 Å². The van der Waals surface area contributed by atoms with Crippen LogP contribution in [-0.2, 0) is 16.0 Å². The lowest BCUT2D eigenvalue weighted by atomic mass is 9.96. The number of halogens is 3. The molecule has 12 heteroatoms. The van der Waals surface area contributed by atoms with Crippen LogP contribution in [0.15, 0.2) is 30.6 Å². The van der Waals surface area contributed by atoms with Crippen molar-refractivity contribution < 1.29 is 22.7 Å². The van der Waals surface area contributed by atoms with Gasteiger partial charge < -0.3 is 9.64 Å². The predicted molar refractivity (Wildman–Crippen MR) is 119 cm³/mol. The molecule has 3 heterocycles. The monoisotopic (exact) mass is 497 g/mol. The van der Waals surface area contributed by atoms with E-state index in [1.54, 1.807) is 17.9 Å². The summed E-state index contributed by atoms with van der Waals surface area (Å²) >= 11 is 0. The molecule has 0 saturated carbocycles. The van der Waals surface area contributed by atoms with Crippen LogP contribution in [0.4, 0.5) is 13.2 Å². The zero-order chi connectivity index (χ0) is 25.4. The number of nitriles is 1. The third-order valence-electron chi connectivity index (χ3n) is 6.83. The predicted octanol–water partition coefficient (Wildman–Crippen LogP) is 2.09. The number of ether oxygens (including phenoxy) is 1. The van der Waals surface area contributed by atoms with Gasteiger partial charge in [0.25, 0.3) is 0 Å². The molecule has 2 atom stereocenters. The van der Waals surface area contributed by atoms with Crippen molar-refractivity contribution in [1.29, 1.82) is 5.26 Å². The number of carbonyl (C=O) groups excluding carboxylic acids is 1. The Hall–Kier alpha value is -3.82. The fraction of sp³-hybridized carbons (Fsp3) is 0.375. The molecule has 2 aromatic carbocycles. The van der Waals surface area contributed by atoms with Crippen LogP contribution in [0.25, 0.3) is 5.69 Å². The third-order valence-corrected chi connectivity index (χ3v) is 6.83. The number of aromatic nitrogens is 4. The van der Waals surface area contributed by atoms with Gasteiger partial charge in [-0.1, -0.05) is 6.07 Å². The summed E-state index contributed by atoms with van der Waals surface area (Å²) in [5.41, 5.74) is 1.15. The van der Waals surface area contributed by atoms with E-state index in [9.17, 15) is 23.2 Å². The van der Waals surface area contributed by atoms with Crippen molar-refractivity contribution in [1.82, 2.24) is 30.0 Å². The van der Waals surface area contributed by atoms with E-state index in [0.717, 1.165) is 22.4 Å². The number of carbonyl (C=O) groups is 1. The summed E-state index contributed by atoms with van der Waals surface area (Å²) in [5, 5.41) is 19.8. The largest absolute Gasteiger partial charge is 0.370 e. The van der Waals surface area contributed by atoms with Crippen LogP contribution in [0, 0.1) is 35.7 Å². The molecule has 0 unspecified atom stereocenters. The highest BCUT2D eigenvalue weighted by Crippen LogP contribution is 2.31. The SMILES string of the molecule is Cc1c([C@@H]2CN3CCN(C(=O)Cc4c(F)cc(-n5cnnn5)cc4F)C[C@H]3CO2)ccc(F)c1C#N. The van der Waals surface area contributed by atoms with Gasteiger partial charge in [0.05, 0.1) is 36.4 Å². The number of morpholine rings is 1. The molecule has 2 fully saturated rings. The second-order valence-corrected chi connectivity index (χ2v) is 8.88. The molecule has 1 amide bonds. The Morgan fingerprint density at radius 1 is 1.17 bits per heavy atom. The molecule has 2 saturated heterocycles. The normalized spacial score (nSPS) is 20.1. The maximum Gasteiger partial charge on any atom is 0.227 e. The maximum atomic E-state index is 14.7. The number of nitrogens with zero attached hydrogens (tertiary/aromatic N) is 7. The number of rotatable bonds is 4. The first-order valence-electron chi connectivity index (χ1n) is 11.4. The molecule has 9 nitrogen and oxygen atoms in total. The summed E-state index contributed by atoms with van der Waals surface area (Å²) in [5.74, 6) is -2.62. The van der Waals surface area contributed by atoms with Crippen LogP contribution in [0.5, 0.6) is 0 Å². The van der Waals surface area contributed by atoms with Gasteiger partial charge in [-0.3, -0.25) is 9.69 Å². The van der Waals surface area contributed by atoms with Crippen molar-refractivity contribution in [3.8, 4) is 11.8 Å². The van der Waals surface area contributed by atoms with Crippen molar-refractivity contribution in [2.45, 2.75) is 25.5 Å². The van der Waals surface area contributed by atoms with Crippen LogP contribution in [-0.4, -0.2) is 74.7 Å². The Labute approximate surface area is 204 Å². The van der Waals surface area contributed by atoms with Gasteiger partial charge in [0.1, 0.15) is 29.8 Å². The van der Waals surface area contributed by atoms with E-state index in [0.29, 0.717) is 38.3 Å². The Morgan fingerprint density at radius 2 is 1.94 bits per heavy atom. The molecule has 186 valence electrons. The number of piperazine rings is 1. The van der Waals surface area contributed by atoms with E-state index in [4.69, 9.17) is 4.74 Å². The Morgan fingerprint density at radius 3 is 2.64 bits per heavy atom. The van der Waals surface area contributed by atoms with Crippen LogP contribution in [0.1, 0.15) is 28.4 Å². The molecule has 0 radical (unpaired) electrons. The van der Waals surface area contributed by atoms with Crippen LogP contribution in [0.3, 0.4) is 0 Å². The van der Waals surface area contributed by atoms with Crippen molar-refractivity contribution in [3.05, 3.63) is 70.3 Å². The highest BCUT2D eigenvalue weighted by molar-refractivity contribution is 5.79. The minimum atomic E-state index is -0.845. The molecule has 36 heavy (non-hydrogen) atoms. The van der Waals surface area contributed by atoms with Crippen LogP contribution >= 0.6 is 0 Å². The van der Waals surface area contributed by atoms with E-state index in [1.807, 2.05) is 6.07 Å². The zero-order valence-corrected chi connectivity index (χ0v) is 19.4. The van der Waals surface area contributed by atoms with Crippen molar-refractivity contribution in [2.75, 3.05) is 32.8 Å². The van der Waals surface area contributed by atoms with Gasteiger partial charge in [-0.15, -0.1) is 5.10 Å². The fourth-order valence-corrected chi connectivity index (χ4v) is 4.81. The van der Waals surface area contributed by atoms with Gasteiger partial charge in [0.2, 0.25) is 5.91 Å². The van der Waals surface area contributed by atoms with Crippen LogP contribution < -0.4 is 0 Å². The number of tetrazole rings is 1. The highest BCUT2D eigenvalue weighted by Gasteiger charge is 2.36. The summed E-state index contributed by atoms with van der Waals surface area (Å²) in [6, 6.07) is 6.92. The number of fused-ring (bicyclic) bond motifs is 1. The standard InChI is InChI=1S/C24H22F3N7O2/c1-14-17(2-3-20(25)19(14)9-28)23-11-32-4-5-33(10-16(32)12-36-23)24(35)8-18-21(26)6-15(7-22(18)27)34-13-29-30-31-34/h2-3,6-7,13,16,23H,4-5,8,10-12H2,1H3/t16-,23-/m0/s1. The van der Waals surface area contributed by atoms with Crippen LogP contribution in [0.2, 0.25) is 0 Å². The van der Waals surface area contributed by atoms with E-state index in [1.165, 1.54) is 12.4 Å². The molecule has 1 aromatic heterocycles. The Balaban J connectivity index is 1.24. The quantitative estimate of drug-likeness (QED) is 0.544. The lowest BCUT2D eigenvalue weighted by molar-refractivity contribution is -0.139. The first-order chi connectivity index (χ1) is 17.4. The molecule has 2 aliphatic heterocycles. The van der Waals surface area contributed by atoms with E-state index >= 15 is 0 Å².